The maximum absolute atomic E-state index is 9.84. The van der Waals surface area contributed by atoms with Crippen LogP contribution in [0.3, 0.4) is 0 Å². The average molecular weight is 242 g/mol. The van der Waals surface area contributed by atoms with Gasteiger partial charge in [0.2, 0.25) is 0 Å². The standard InChI is InChI=1S/C16H18O2/c1-11-9-15(12(2)13(3)16(11)17)18-10-14-7-5-4-6-8-14/h4-9,17H,10H2,1-3H3. The number of hydrogen-bond acceptors (Lipinski definition) is 2. The highest BCUT2D eigenvalue weighted by molar-refractivity contribution is 5.51. The predicted octanol–water partition coefficient (Wildman–Crippen LogP) is 3.90. The van der Waals surface area contributed by atoms with E-state index in [1.54, 1.807) is 0 Å². The molecule has 0 aliphatic rings. The maximum atomic E-state index is 9.84. The molecule has 94 valence electrons. The normalized spacial score (nSPS) is 10.4. The third-order valence-corrected chi connectivity index (χ3v) is 3.25. The van der Waals surface area contributed by atoms with Crippen molar-refractivity contribution in [2.45, 2.75) is 27.4 Å². The van der Waals surface area contributed by atoms with E-state index in [4.69, 9.17) is 4.74 Å². The van der Waals surface area contributed by atoms with Gasteiger partial charge < -0.3 is 9.84 Å². The van der Waals surface area contributed by atoms with Gasteiger partial charge >= 0.3 is 0 Å². The van der Waals surface area contributed by atoms with Gasteiger partial charge in [-0.15, -0.1) is 0 Å². The number of phenols is 1. The molecule has 2 nitrogen and oxygen atoms in total. The first-order chi connectivity index (χ1) is 8.59. The van der Waals surface area contributed by atoms with E-state index in [-0.39, 0.29) is 0 Å². The highest BCUT2D eigenvalue weighted by Crippen LogP contribution is 2.32. The van der Waals surface area contributed by atoms with Crippen molar-refractivity contribution in [2.75, 3.05) is 0 Å². The largest absolute Gasteiger partial charge is 0.507 e. The first kappa shape index (κ1) is 12.5. The Labute approximate surface area is 108 Å². The summed E-state index contributed by atoms with van der Waals surface area (Å²) in [7, 11) is 0. The van der Waals surface area contributed by atoms with E-state index in [0.29, 0.717) is 12.4 Å². The Morgan fingerprint density at radius 2 is 1.67 bits per heavy atom. The average Bonchev–Trinajstić information content (AvgIpc) is 2.40. The van der Waals surface area contributed by atoms with E-state index in [2.05, 4.69) is 0 Å². The topological polar surface area (TPSA) is 29.5 Å². The zero-order valence-electron chi connectivity index (χ0n) is 11.0. The zero-order chi connectivity index (χ0) is 13.1. The predicted molar refractivity (Wildman–Crippen MR) is 73.1 cm³/mol. The second kappa shape index (κ2) is 5.13. The summed E-state index contributed by atoms with van der Waals surface area (Å²) >= 11 is 0. The molecule has 0 aromatic heterocycles. The van der Waals surface area contributed by atoms with Crippen LogP contribution in [0, 0.1) is 20.8 Å². The van der Waals surface area contributed by atoms with Gasteiger partial charge in [0.25, 0.3) is 0 Å². The minimum Gasteiger partial charge on any atom is -0.507 e. The Hall–Kier alpha value is -1.96. The monoisotopic (exact) mass is 242 g/mol. The van der Waals surface area contributed by atoms with Crippen LogP contribution in [0.1, 0.15) is 22.3 Å². The van der Waals surface area contributed by atoms with Gasteiger partial charge in [0, 0.05) is 0 Å². The van der Waals surface area contributed by atoms with Crippen molar-refractivity contribution in [1.82, 2.24) is 0 Å². The second-order valence-corrected chi connectivity index (χ2v) is 4.56. The molecule has 0 amide bonds. The van der Waals surface area contributed by atoms with E-state index in [1.807, 2.05) is 57.2 Å². The summed E-state index contributed by atoms with van der Waals surface area (Å²) in [5.74, 6) is 1.20. The van der Waals surface area contributed by atoms with Crippen LogP contribution in [0.25, 0.3) is 0 Å². The smallest absolute Gasteiger partial charge is 0.123 e. The van der Waals surface area contributed by atoms with Crippen molar-refractivity contribution in [3.05, 3.63) is 58.7 Å². The van der Waals surface area contributed by atoms with Gasteiger partial charge in [0.1, 0.15) is 18.1 Å². The lowest BCUT2D eigenvalue weighted by atomic mass is 10.0. The lowest BCUT2D eigenvalue weighted by Gasteiger charge is -2.14. The Bertz CT molecular complexity index is 545. The van der Waals surface area contributed by atoms with Crippen molar-refractivity contribution in [3.63, 3.8) is 0 Å². The number of hydrogen-bond donors (Lipinski definition) is 1. The van der Waals surface area contributed by atoms with Crippen molar-refractivity contribution in [3.8, 4) is 11.5 Å². The van der Waals surface area contributed by atoms with E-state index in [9.17, 15) is 5.11 Å². The molecule has 18 heavy (non-hydrogen) atoms. The number of ether oxygens (including phenoxy) is 1. The van der Waals surface area contributed by atoms with Crippen molar-refractivity contribution >= 4 is 0 Å². The molecule has 2 aromatic carbocycles. The van der Waals surface area contributed by atoms with E-state index in [0.717, 1.165) is 28.0 Å². The quantitative estimate of drug-likeness (QED) is 0.884. The Morgan fingerprint density at radius 1 is 1.00 bits per heavy atom. The van der Waals surface area contributed by atoms with Crippen molar-refractivity contribution in [2.24, 2.45) is 0 Å². The first-order valence-corrected chi connectivity index (χ1v) is 6.06. The third-order valence-electron chi connectivity index (χ3n) is 3.25. The van der Waals surface area contributed by atoms with Gasteiger partial charge in [-0.1, -0.05) is 30.3 Å². The molecule has 0 heterocycles. The van der Waals surface area contributed by atoms with Crippen LogP contribution >= 0.6 is 0 Å². The molecule has 1 N–H and O–H groups in total. The van der Waals surface area contributed by atoms with Crippen molar-refractivity contribution in [1.29, 1.82) is 0 Å². The Morgan fingerprint density at radius 3 is 2.33 bits per heavy atom. The zero-order valence-corrected chi connectivity index (χ0v) is 11.0. The number of rotatable bonds is 3. The third kappa shape index (κ3) is 2.48. The number of aromatic hydroxyl groups is 1. The summed E-state index contributed by atoms with van der Waals surface area (Å²) in [5, 5.41) is 9.84. The van der Waals surface area contributed by atoms with E-state index < -0.39 is 0 Å². The summed E-state index contributed by atoms with van der Waals surface area (Å²) in [4.78, 5) is 0. The van der Waals surface area contributed by atoms with Crippen LogP contribution in [0.15, 0.2) is 36.4 Å². The van der Waals surface area contributed by atoms with Crippen molar-refractivity contribution < 1.29 is 9.84 Å². The molecule has 0 saturated carbocycles. The summed E-state index contributed by atoms with van der Waals surface area (Å²) in [6.07, 6.45) is 0. The Balaban J connectivity index is 2.20. The van der Waals surface area contributed by atoms with Gasteiger partial charge in [0.15, 0.2) is 0 Å². The molecule has 2 aromatic rings. The van der Waals surface area contributed by atoms with Crippen LogP contribution in [-0.4, -0.2) is 5.11 Å². The summed E-state index contributed by atoms with van der Waals surface area (Å²) < 4.78 is 5.83. The SMILES string of the molecule is Cc1cc(OCc2ccccc2)c(C)c(C)c1O. The van der Waals surface area contributed by atoms with Crippen LogP contribution in [0.2, 0.25) is 0 Å². The Kier molecular flexibility index (Phi) is 3.56. The first-order valence-electron chi connectivity index (χ1n) is 6.06. The summed E-state index contributed by atoms with van der Waals surface area (Å²) in [6.45, 7) is 6.31. The van der Waals surface area contributed by atoms with E-state index in [1.165, 1.54) is 0 Å². The van der Waals surface area contributed by atoms with Crippen LogP contribution in [0.5, 0.6) is 11.5 Å². The maximum Gasteiger partial charge on any atom is 0.123 e. The highest BCUT2D eigenvalue weighted by atomic mass is 16.5. The molecule has 0 fully saturated rings. The summed E-state index contributed by atoms with van der Waals surface area (Å²) in [5.41, 5.74) is 3.87. The van der Waals surface area contributed by atoms with E-state index >= 15 is 0 Å². The fourth-order valence-corrected chi connectivity index (χ4v) is 1.92. The van der Waals surface area contributed by atoms with Crippen LogP contribution < -0.4 is 4.74 Å². The van der Waals surface area contributed by atoms with Gasteiger partial charge in [-0.2, -0.15) is 0 Å². The van der Waals surface area contributed by atoms with Crippen LogP contribution in [-0.2, 0) is 6.61 Å². The number of aryl methyl sites for hydroxylation is 1. The number of benzene rings is 2. The minimum atomic E-state index is 0.361. The molecule has 0 aliphatic heterocycles. The lowest BCUT2D eigenvalue weighted by Crippen LogP contribution is -1.99. The highest BCUT2D eigenvalue weighted by Gasteiger charge is 2.10. The molecule has 0 aliphatic carbocycles. The lowest BCUT2D eigenvalue weighted by molar-refractivity contribution is 0.303. The second-order valence-electron chi connectivity index (χ2n) is 4.56. The van der Waals surface area contributed by atoms with Gasteiger partial charge in [-0.3, -0.25) is 0 Å². The molecule has 0 atom stereocenters. The number of phenolic OH excluding ortho intramolecular Hbond substituents is 1. The molecule has 0 radical (unpaired) electrons. The molecule has 0 unspecified atom stereocenters. The minimum absolute atomic E-state index is 0.361. The fourth-order valence-electron chi connectivity index (χ4n) is 1.92. The van der Waals surface area contributed by atoms with Gasteiger partial charge in [-0.05, 0) is 49.1 Å². The molecule has 2 heteroatoms. The van der Waals surface area contributed by atoms with Gasteiger partial charge in [0.05, 0.1) is 0 Å². The summed E-state index contributed by atoms with van der Waals surface area (Å²) in [6, 6.07) is 12.0. The van der Waals surface area contributed by atoms with Gasteiger partial charge in [-0.25, -0.2) is 0 Å². The molecule has 0 bridgehead atoms. The molecular formula is C16H18O2. The molecular weight excluding hydrogens is 224 g/mol. The molecule has 0 saturated heterocycles. The fraction of sp³-hybridized carbons (Fsp3) is 0.250. The molecule has 0 spiro atoms. The molecule has 2 rings (SSSR count). The van der Waals surface area contributed by atoms with Crippen LogP contribution in [0.4, 0.5) is 0 Å².